The minimum Gasteiger partial charge on any atom is -0.478 e. The standard InChI is InChI=1S/C34H22O4S4/c1-17-3-5-25-19(11-17)13-31(39-25)29-9-7-27(41-29)21-15-24(34(37)38)22(16-23(21)33(35)36)28-8-10-30(42-28)32-14-20-12-18(2)4-6-26(20)40-32/h3-16H,1-2H3,(H,35,36)(H,37,38). The lowest BCUT2D eigenvalue weighted by molar-refractivity contribution is 0.0682. The van der Waals surface area contributed by atoms with Crippen molar-refractivity contribution in [2.24, 2.45) is 0 Å². The minimum atomic E-state index is -1.09. The van der Waals surface area contributed by atoms with Gasteiger partial charge in [-0.3, -0.25) is 0 Å². The van der Waals surface area contributed by atoms with Gasteiger partial charge in [-0.25, -0.2) is 9.59 Å². The molecule has 4 nitrogen and oxygen atoms in total. The molecule has 7 aromatic rings. The molecule has 0 amide bonds. The van der Waals surface area contributed by atoms with Crippen LogP contribution in [0.3, 0.4) is 0 Å². The van der Waals surface area contributed by atoms with E-state index in [0.29, 0.717) is 11.1 Å². The van der Waals surface area contributed by atoms with E-state index in [2.05, 4.69) is 62.4 Å². The highest BCUT2D eigenvalue weighted by molar-refractivity contribution is 7.27. The summed E-state index contributed by atoms with van der Waals surface area (Å²) in [6.07, 6.45) is 0. The third-order valence-corrected chi connectivity index (χ3v) is 12.1. The molecule has 2 N–H and O–H groups in total. The summed E-state index contributed by atoms with van der Waals surface area (Å²) in [5, 5.41) is 22.8. The summed E-state index contributed by atoms with van der Waals surface area (Å²) in [6.45, 7) is 4.14. The van der Waals surface area contributed by atoms with E-state index in [1.807, 2.05) is 24.3 Å². The van der Waals surface area contributed by atoms with E-state index in [9.17, 15) is 19.8 Å². The zero-order chi connectivity index (χ0) is 29.1. The first-order valence-electron chi connectivity index (χ1n) is 13.1. The molecule has 0 fully saturated rings. The lowest BCUT2D eigenvalue weighted by atomic mass is 9.96. The molecule has 8 heteroatoms. The largest absolute Gasteiger partial charge is 0.478 e. The molecule has 4 aromatic heterocycles. The molecule has 0 bridgehead atoms. The van der Waals surface area contributed by atoms with E-state index in [1.165, 1.54) is 66.1 Å². The van der Waals surface area contributed by atoms with Crippen LogP contribution >= 0.6 is 45.3 Å². The van der Waals surface area contributed by atoms with E-state index >= 15 is 0 Å². The minimum absolute atomic E-state index is 0.0858. The summed E-state index contributed by atoms with van der Waals surface area (Å²) in [7, 11) is 0. The van der Waals surface area contributed by atoms with Gasteiger partial charge in [0.05, 0.1) is 11.1 Å². The Morgan fingerprint density at radius 1 is 0.476 bits per heavy atom. The van der Waals surface area contributed by atoms with Crippen molar-refractivity contribution in [1.29, 1.82) is 0 Å². The molecule has 0 saturated carbocycles. The summed E-state index contributed by atoms with van der Waals surface area (Å²) in [4.78, 5) is 30.7. The molecule has 4 heterocycles. The molecule has 3 aromatic carbocycles. The first-order valence-corrected chi connectivity index (χ1v) is 16.4. The van der Waals surface area contributed by atoms with Crippen LogP contribution in [-0.2, 0) is 0 Å². The zero-order valence-corrected chi connectivity index (χ0v) is 25.7. The molecule has 0 saturated heterocycles. The predicted molar refractivity (Wildman–Crippen MR) is 178 cm³/mol. The normalized spacial score (nSPS) is 11.5. The highest BCUT2D eigenvalue weighted by atomic mass is 32.1. The predicted octanol–water partition coefficient (Wildman–Crippen LogP) is 10.9. The van der Waals surface area contributed by atoms with Crippen LogP contribution in [-0.4, -0.2) is 22.2 Å². The molecule has 0 spiro atoms. The number of hydrogen-bond acceptors (Lipinski definition) is 6. The molecular weight excluding hydrogens is 601 g/mol. The number of hydrogen-bond donors (Lipinski definition) is 2. The van der Waals surface area contributed by atoms with Crippen molar-refractivity contribution in [1.82, 2.24) is 0 Å². The zero-order valence-electron chi connectivity index (χ0n) is 22.4. The maximum Gasteiger partial charge on any atom is 0.336 e. The van der Waals surface area contributed by atoms with Crippen LogP contribution in [0.25, 0.3) is 60.6 Å². The number of aryl methyl sites for hydroxylation is 2. The molecule has 0 radical (unpaired) electrons. The Morgan fingerprint density at radius 3 is 1.29 bits per heavy atom. The molecule has 0 aliphatic heterocycles. The average Bonchev–Trinajstić information content (AvgIpc) is 3.76. The number of benzene rings is 3. The number of rotatable bonds is 6. The highest BCUT2D eigenvalue weighted by Crippen LogP contribution is 2.45. The topological polar surface area (TPSA) is 74.6 Å². The van der Waals surface area contributed by atoms with Crippen molar-refractivity contribution in [2.45, 2.75) is 13.8 Å². The third-order valence-electron chi connectivity index (χ3n) is 7.19. The maximum absolute atomic E-state index is 12.5. The van der Waals surface area contributed by atoms with E-state index in [-0.39, 0.29) is 11.1 Å². The van der Waals surface area contributed by atoms with Crippen LogP contribution in [0.15, 0.2) is 84.9 Å². The van der Waals surface area contributed by atoms with Gasteiger partial charge in [0.2, 0.25) is 0 Å². The Kier molecular flexibility index (Phi) is 6.59. The summed E-state index contributed by atoms with van der Waals surface area (Å²) in [5.41, 5.74) is 3.39. The summed E-state index contributed by atoms with van der Waals surface area (Å²) in [5.74, 6) is -2.18. The highest BCUT2D eigenvalue weighted by Gasteiger charge is 2.23. The molecule has 0 atom stereocenters. The fourth-order valence-corrected chi connectivity index (χ4v) is 9.48. The van der Waals surface area contributed by atoms with Gasteiger partial charge in [-0.05, 0) is 85.3 Å². The summed E-state index contributed by atoms with van der Waals surface area (Å²) < 4.78 is 2.38. The van der Waals surface area contributed by atoms with Gasteiger partial charge in [-0.1, -0.05) is 35.4 Å². The van der Waals surface area contributed by atoms with Crippen LogP contribution in [0.4, 0.5) is 0 Å². The monoisotopic (exact) mass is 622 g/mol. The van der Waals surface area contributed by atoms with Gasteiger partial charge in [0.25, 0.3) is 0 Å². The van der Waals surface area contributed by atoms with Gasteiger partial charge < -0.3 is 10.2 Å². The fraction of sp³-hybridized carbons (Fsp3) is 0.0588. The van der Waals surface area contributed by atoms with Gasteiger partial charge in [0.15, 0.2) is 0 Å². The van der Waals surface area contributed by atoms with Gasteiger partial charge in [-0.15, -0.1) is 45.3 Å². The second kappa shape index (κ2) is 10.3. The van der Waals surface area contributed by atoms with Crippen molar-refractivity contribution in [3.8, 4) is 40.4 Å². The first-order chi connectivity index (χ1) is 20.2. The molecule has 0 aliphatic carbocycles. The second-order valence-electron chi connectivity index (χ2n) is 10.2. The second-order valence-corrected chi connectivity index (χ2v) is 14.5. The number of carboxylic acid groups (broad SMARTS) is 2. The molecule has 42 heavy (non-hydrogen) atoms. The van der Waals surface area contributed by atoms with Gasteiger partial charge in [0.1, 0.15) is 0 Å². The Labute approximate surface area is 257 Å². The number of fused-ring (bicyclic) bond motifs is 2. The van der Waals surface area contributed by atoms with Crippen molar-refractivity contribution < 1.29 is 19.8 Å². The smallest absolute Gasteiger partial charge is 0.336 e. The quantitative estimate of drug-likeness (QED) is 0.193. The van der Waals surface area contributed by atoms with Gasteiger partial charge in [-0.2, -0.15) is 0 Å². The van der Waals surface area contributed by atoms with Gasteiger partial charge >= 0.3 is 11.9 Å². The Bertz CT molecular complexity index is 2030. The van der Waals surface area contributed by atoms with Crippen molar-refractivity contribution >= 4 is 77.5 Å². The van der Waals surface area contributed by atoms with Crippen molar-refractivity contribution in [2.75, 3.05) is 0 Å². The number of carbonyl (C=O) groups is 2. The molecule has 7 rings (SSSR count). The van der Waals surface area contributed by atoms with Crippen molar-refractivity contribution in [3.05, 3.63) is 107 Å². The lowest BCUT2D eigenvalue weighted by Crippen LogP contribution is -2.05. The van der Waals surface area contributed by atoms with Gasteiger partial charge in [0, 0.05) is 49.8 Å². The number of aromatic carboxylic acids is 2. The summed E-state index contributed by atoms with van der Waals surface area (Å²) >= 11 is 6.33. The van der Waals surface area contributed by atoms with Crippen LogP contribution in [0.2, 0.25) is 0 Å². The van der Waals surface area contributed by atoms with E-state index in [1.54, 1.807) is 22.7 Å². The van der Waals surface area contributed by atoms with Crippen molar-refractivity contribution in [3.63, 3.8) is 0 Å². The summed E-state index contributed by atoms with van der Waals surface area (Å²) in [6, 6.07) is 27.8. The van der Waals surface area contributed by atoms with Crippen LogP contribution in [0, 0.1) is 13.8 Å². The maximum atomic E-state index is 12.5. The Morgan fingerprint density at radius 2 is 0.881 bits per heavy atom. The molecule has 0 unspecified atom stereocenters. The van der Waals surface area contributed by atoms with E-state index < -0.39 is 11.9 Å². The number of carboxylic acids is 2. The SMILES string of the molecule is Cc1ccc2sc(-c3ccc(-c4cc(C(=O)O)c(-c5ccc(-c6cc7cc(C)ccc7s6)s5)cc4C(=O)O)s3)cc2c1. The Hall–Kier alpha value is -4.08. The Balaban J connectivity index is 1.30. The number of thiophene rings is 4. The van der Waals surface area contributed by atoms with Crippen LogP contribution < -0.4 is 0 Å². The first kappa shape index (κ1) is 26.8. The molecular formula is C34H22O4S4. The molecule has 0 aliphatic rings. The average molecular weight is 623 g/mol. The fourth-order valence-electron chi connectivity index (χ4n) is 5.16. The van der Waals surface area contributed by atoms with Crippen LogP contribution in [0.5, 0.6) is 0 Å². The van der Waals surface area contributed by atoms with E-state index in [4.69, 9.17) is 0 Å². The van der Waals surface area contributed by atoms with E-state index in [0.717, 1.165) is 29.3 Å². The lowest BCUT2D eigenvalue weighted by Gasteiger charge is -2.11. The molecule has 206 valence electrons. The van der Waals surface area contributed by atoms with Crippen LogP contribution in [0.1, 0.15) is 31.8 Å². The third kappa shape index (κ3) is 4.76.